The Labute approximate surface area is 114 Å². The van der Waals surface area contributed by atoms with Crippen LogP contribution in [0.4, 0.5) is 0 Å². The Kier molecular flexibility index (Phi) is 3.23. The lowest BCUT2D eigenvalue weighted by Gasteiger charge is -2.14. The molecular weight excluding hydrogens is 240 g/mol. The van der Waals surface area contributed by atoms with Gasteiger partial charge in [0.2, 0.25) is 0 Å². The molecule has 1 aliphatic carbocycles. The van der Waals surface area contributed by atoms with E-state index in [1.807, 2.05) is 6.07 Å². The van der Waals surface area contributed by atoms with Crippen molar-refractivity contribution in [3.05, 3.63) is 23.0 Å². The number of Topliss-reactive ketones (excluding diaryl/α,β-unsaturated/α-hetero) is 1. The number of hydrogen-bond donors (Lipinski definition) is 1. The predicted molar refractivity (Wildman–Crippen MR) is 73.6 cm³/mol. The second-order valence-electron chi connectivity index (χ2n) is 5.99. The van der Waals surface area contributed by atoms with Crippen LogP contribution in [0.15, 0.2) is 6.07 Å². The smallest absolute Gasteiger partial charge is 0.178 e. The number of aromatic nitrogens is 1. The molecule has 0 amide bonds. The molecule has 4 nitrogen and oxygen atoms in total. The van der Waals surface area contributed by atoms with Gasteiger partial charge in [-0.2, -0.15) is 0 Å². The summed E-state index contributed by atoms with van der Waals surface area (Å²) < 4.78 is 2.31. The minimum atomic E-state index is -0.258. The van der Waals surface area contributed by atoms with Gasteiger partial charge in [-0.15, -0.1) is 0 Å². The maximum Gasteiger partial charge on any atom is 0.178 e. The first kappa shape index (κ1) is 12.9. The number of ketones is 1. The average Bonchev–Trinajstić information content (AvgIpc) is 3.03. The van der Waals surface area contributed by atoms with Gasteiger partial charge < -0.3 is 9.67 Å². The molecule has 0 aromatic carbocycles. The molecule has 1 aliphatic heterocycles. The van der Waals surface area contributed by atoms with E-state index in [0.29, 0.717) is 19.1 Å². The molecule has 104 valence electrons. The van der Waals surface area contributed by atoms with Gasteiger partial charge in [0.15, 0.2) is 5.78 Å². The molecule has 19 heavy (non-hydrogen) atoms. The molecule has 0 radical (unpaired) electrons. The summed E-state index contributed by atoms with van der Waals surface area (Å²) in [6, 6.07) is 2.65. The van der Waals surface area contributed by atoms with Crippen LogP contribution in [0.1, 0.15) is 47.1 Å². The van der Waals surface area contributed by atoms with Crippen molar-refractivity contribution in [2.45, 2.75) is 45.3 Å². The van der Waals surface area contributed by atoms with Crippen LogP contribution < -0.4 is 0 Å². The van der Waals surface area contributed by atoms with Gasteiger partial charge in [0.25, 0.3) is 0 Å². The highest BCUT2D eigenvalue weighted by atomic mass is 16.3. The Hall–Kier alpha value is -1.13. The Morgan fingerprint density at radius 3 is 2.68 bits per heavy atom. The first-order valence-electron chi connectivity index (χ1n) is 7.18. The molecule has 1 aromatic rings. The average molecular weight is 262 g/mol. The van der Waals surface area contributed by atoms with E-state index >= 15 is 0 Å². The minimum absolute atomic E-state index is 0.189. The lowest BCUT2D eigenvalue weighted by atomic mass is 10.1. The lowest BCUT2D eigenvalue weighted by Crippen LogP contribution is -2.28. The van der Waals surface area contributed by atoms with Crippen LogP contribution in [0, 0.1) is 13.8 Å². The van der Waals surface area contributed by atoms with E-state index in [9.17, 15) is 9.90 Å². The van der Waals surface area contributed by atoms with Crippen LogP contribution in [0.5, 0.6) is 0 Å². The van der Waals surface area contributed by atoms with Gasteiger partial charge in [-0.25, -0.2) is 0 Å². The van der Waals surface area contributed by atoms with Crippen LogP contribution in [0.2, 0.25) is 0 Å². The normalized spacial score (nSPS) is 24.1. The number of carbonyl (C=O) groups excluding carboxylic acids is 1. The van der Waals surface area contributed by atoms with Gasteiger partial charge in [-0.05, 0) is 39.2 Å². The van der Waals surface area contributed by atoms with Crippen molar-refractivity contribution in [3.8, 4) is 0 Å². The number of aliphatic hydroxyl groups is 1. The van der Waals surface area contributed by atoms with Gasteiger partial charge in [-0.3, -0.25) is 9.69 Å². The molecule has 1 aromatic heterocycles. The van der Waals surface area contributed by atoms with Gasteiger partial charge in [-0.1, -0.05) is 0 Å². The number of rotatable bonds is 4. The number of aryl methyl sites for hydroxylation is 1. The zero-order valence-corrected chi connectivity index (χ0v) is 11.7. The number of carbonyl (C=O) groups is 1. The zero-order valence-electron chi connectivity index (χ0n) is 11.7. The van der Waals surface area contributed by atoms with Crippen LogP contribution in [0.25, 0.3) is 0 Å². The number of aliphatic hydroxyl groups excluding tert-OH is 1. The fraction of sp³-hybridized carbons (Fsp3) is 0.667. The van der Waals surface area contributed by atoms with Crippen molar-refractivity contribution >= 4 is 5.78 Å². The molecular formula is C15H22N2O2. The van der Waals surface area contributed by atoms with Crippen molar-refractivity contribution in [2.75, 3.05) is 19.6 Å². The SMILES string of the molecule is Cc1cc(C(=O)CN2CC[C@@H](O)C2)c(C)n1C1CC1. The van der Waals surface area contributed by atoms with E-state index in [1.54, 1.807) is 0 Å². The molecule has 1 saturated carbocycles. The summed E-state index contributed by atoms with van der Waals surface area (Å²) in [6.45, 7) is 6.03. The number of hydrogen-bond acceptors (Lipinski definition) is 3. The Bertz CT molecular complexity index is 502. The van der Waals surface area contributed by atoms with Crippen LogP contribution >= 0.6 is 0 Å². The molecule has 0 bridgehead atoms. The van der Waals surface area contributed by atoms with Gasteiger partial charge in [0.1, 0.15) is 0 Å². The monoisotopic (exact) mass is 262 g/mol. The van der Waals surface area contributed by atoms with E-state index < -0.39 is 0 Å². The topological polar surface area (TPSA) is 45.5 Å². The molecule has 1 N–H and O–H groups in total. The van der Waals surface area contributed by atoms with Gasteiger partial charge in [0.05, 0.1) is 12.6 Å². The van der Waals surface area contributed by atoms with Crippen LogP contribution in [-0.4, -0.2) is 46.1 Å². The minimum Gasteiger partial charge on any atom is -0.392 e. The van der Waals surface area contributed by atoms with Crippen molar-refractivity contribution < 1.29 is 9.90 Å². The summed E-state index contributed by atoms with van der Waals surface area (Å²) in [5.74, 6) is 0.189. The Morgan fingerprint density at radius 1 is 1.37 bits per heavy atom. The molecule has 2 aliphatic rings. The van der Waals surface area contributed by atoms with Crippen molar-refractivity contribution in [1.29, 1.82) is 0 Å². The van der Waals surface area contributed by atoms with Gasteiger partial charge >= 0.3 is 0 Å². The highest BCUT2D eigenvalue weighted by Gasteiger charge is 2.29. The molecule has 2 heterocycles. The zero-order chi connectivity index (χ0) is 13.6. The molecule has 2 fully saturated rings. The third-order valence-corrected chi connectivity index (χ3v) is 4.31. The van der Waals surface area contributed by atoms with Crippen molar-refractivity contribution in [3.63, 3.8) is 0 Å². The summed E-state index contributed by atoms with van der Waals surface area (Å²) in [5, 5.41) is 9.51. The number of nitrogens with zero attached hydrogens (tertiary/aromatic N) is 2. The fourth-order valence-corrected chi connectivity index (χ4v) is 3.20. The summed E-state index contributed by atoms with van der Waals surface area (Å²) in [5.41, 5.74) is 3.18. The molecule has 3 rings (SSSR count). The highest BCUT2D eigenvalue weighted by molar-refractivity contribution is 5.99. The standard InChI is InChI=1S/C15H22N2O2/c1-10-7-14(11(2)17(10)12-3-4-12)15(19)9-16-6-5-13(18)8-16/h7,12-13,18H,3-6,8-9H2,1-2H3/t13-/m1/s1. The maximum absolute atomic E-state index is 12.4. The summed E-state index contributed by atoms with van der Waals surface area (Å²) >= 11 is 0. The van der Waals surface area contributed by atoms with E-state index in [-0.39, 0.29) is 11.9 Å². The van der Waals surface area contributed by atoms with Gasteiger partial charge in [0, 0.05) is 36.1 Å². The van der Waals surface area contributed by atoms with Crippen LogP contribution in [-0.2, 0) is 0 Å². The second-order valence-corrected chi connectivity index (χ2v) is 5.99. The maximum atomic E-state index is 12.4. The third-order valence-electron chi connectivity index (χ3n) is 4.31. The molecule has 0 unspecified atom stereocenters. The fourth-order valence-electron chi connectivity index (χ4n) is 3.20. The molecule has 0 spiro atoms. The Morgan fingerprint density at radius 2 is 2.11 bits per heavy atom. The molecule has 1 saturated heterocycles. The number of likely N-dealkylation sites (tertiary alicyclic amines) is 1. The molecule has 1 atom stereocenters. The van der Waals surface area contributed by atoms with E-state index in [1.165, 1.54) is 18.5 Å². The molecule has 4 heteroatoms. The summed E-state index contributed by atoms with van der Waals surface area (Å²) in [7, 11) is 0. The Balaban J connectivity index is 1.74. The third kappa shape index (κ3) is 2.47. The first-order chi connectivity index (χ1) is 9.06. The van der Waals surface area contributed by atoms with E-state index in [2.05, 4.69) is 23.3 Å². The van der Waals surface area contributed by atoms with Crippen molar-refractivity contribution in [2.24, 2.45) is 0 Å². The van der Waals surface area contributed by atoms with E-state index in [4.69, 9.17) is 0 Å². The number of β-amino-alcohol motifs (C(OH)–C–C–N with tert-alkyl or cyclic N) is 1. The summed E-state index contributed by atoms with van der Waals surface area (Å²) in [4.78, 5) is 14.5. The van der Waals surface area contributed by atoms with E-state index in [0.717, 1.165) is 24.2 Å². The lowest BCUT2D eigenvalue weighted by molar-refractivity contribution is 0.0934. The highest BCUT2D eigenvalue weighted by Crippen LogP contribution is 2.38. The predicted octanol–water partition coefficient (Wildman–Crippen LogP) is 1.69. The summed E-state index contributed by atoms with van der Waals surface area (Å²) in [6.07, 6.45) is 3.01. The largest absolute Gasteiger partial charge is 0.392 e. The quantitative estimate of drug-likeness (QED) is 0.840. The second kappa shape index (κ2) is 4.76. The van der Waals surface area contributed by atoms with Crippen molar-refractivity contribution in [1.82, 2.24) is 9.47 Å². The van der Waals surface area contributed by atoms with Crippen LogP contribution in [0.3, 0.4) is 0 Å². The first-order valence-corrected chi connectivity index (χ1v) is 7.18.